The first kappa shape index (κ1) is 15.1. The van der Waals surface area contributed by atoms with Crippen LogP contribution in [0, 0.1) is 0 Å². The molecule has 22 heavy (non-hydrogen) atoms. The van der Waals surface area contributed by atoms with Crippen molar-refractivity contribution >= 4 is 37.5 Å². The Morgan fingerprint density at radius 1 is 1.18 bits per heavy atom. The summed E-state index contributed by atoms with van der Waals surface area (Å²) >= 11 is 3.41. The summed E-state index contributed by atoms with van der Waals surface area (Å²) in [7, 11) is -2.28. The first-order chi connectivity index (χ1) is 10.4. The molecule has 1 aliphatic heterocycles. The molecular formula is C15H13BrN2O3S. The van der Waals surface area contributed by atoms with Gasteiger partial charge in [0.15, 0.2) is 0 Å². The summed E-state index contributed by atoms with van der Waals surface area (Å²) in [6.45, 7) is -0.248. The molecule has 2 aromatic rings. The molecule has 5 nitrogen and oxygen atoms in total. The van der Waals surface area contributed by atoms with E-state index in [1.54, 1.807) is 36.4 Å². The summed E-state index contributed by atoms with van der Waals surface area (Å²) < 4.78 is 27.7. The molecule has 0 fully saturated rings. The number of fused-ring (bicyclic) bond motifs is 3. The molecule has 0 radical (unpaired) electrons. The Bertz CT molecular complexity index is 865. The minimum Gasteiger partial charge on any atom is -0.358 e. The van der Waals surface area contributed by atoms with Crippen molar-refractivity contribution in [2.24, 2.45) is 0 Å². The van der Waals surface area contributed by atoms with Crippen LogP contribution in [-0.2, 0) is 14.8 Å². The van der Waals surface area contributed by atoms with Gasteiger partial charge in [-0.2, -0.15) is 0 Å². The first-order valence-electron chi connectivity index (χ1n) is 6.57. The lowest BCUT2D eigenvalue weighted by molar-refractivity contribution is -0.119. The molecule has 0 aromatic heterocycles. The van der Waals surface area contributed by atoms with Gasteiger partial charge in [-0.3, -0.25) is 9.10 Å². The summed E-state index contributed by atoms with van der Waals surface area (Å²) in [4.78, 5) is 11.9. The van der Waals surface area contributed by atoms with Gasteiger partial charge in [0, 0.05) is 22.6 Å². The van der Waals surface area contributed by atoms with Crippen LogP contribution in [0.25, 0.3) is 11.1 Å². The Morgan fingerprint density at radius 3 is 2.64 bits per heavy atom. The molecule has 1 heterocycles. The molecule has 0 saturated heterocycles. The Labute approximate surface area is 137 Å². The molecule has 2 aromatic carbocycles. The van der Waals surface area contributed by atoms with Crippen LogP contribution in [0.1, 0.15) is 0 Å². The second-order valence-electron chi connectivity index (χ2n) is 4.84. The van der Waals surface area contributed by atoms with Gasteiger partial charge in [-0.15, -0.1) is 0 Å². The summed E-state index contributed by atoms with van der Waals surface area (Å²) in [6, 6.07) is 12.1. The van der Waals surface area contributed by atoms with Crippen molar-refractivity contribution in [3.63, 3.8) is 0 Å². The Hall–Kier alpha value is -1.86. The highest BCUT2D eigenvalue weighted by atomic mass is 79.9. The third-order valence-corrected chi connectivity index (χ3v) is 5.85. The highest BCUT2D eigenvalue weighted by molar-refractivity contribution is 9.10. The van der Waals surface area contributed by atoms with Crippen LogP contribution in [0.5, 0.6) is 0 Å². The minimum absolute atomic E-state index is 0.213. The molecule has 114 valence electrons. The topological polar surface area (TPSA) is 66.5 Å². The van der Waals surface area contributed by atoms with E-state index in [1.807, 2.05) is 6.07 Å². The number of carbonyl (C=O) groups excluding carboxylic acids is 1. The van der Waals surface area contributed by atoms with Crippen LogP contribution < -0.4 is 9.62 Å². The van der Waals surface area contributed by atoms with Gasteiger partial charge in [-0.1, -0.05) is 34.1 Å². The SMILES string of the molecule is CNC(=O)CN1c2ccc(Br)cc2-c2ccccc2S1(=O)=O. The zero-order valence-electron chi connectivity index (χ0n) is 11.7. The van der Waals surface area contributed by atoms with Crippen LogP contribution in [0.3, 0.4) is 0 Å². The highest BCUT2D eigenvalue weighted by Crippen LogP contribution is 2.43. The second kappa shape index (κ2) is 5.40. The van der Waals surface area contributed by atoms with Gasteiger partial charge in [-0.05, 0) is 24.3 Å². The fraction of sp³-hybridized carbons (Fsp3) is 0.133. The van der Waals surface area contributed by atoms with Crippen molar-refractivity contribution in [2.45, 2.75) is 4.90 Å². The van der Waals surface area contributed by atoms with Crippen molar-refractivity contribution < 1.29 is 13.2 Å². The number of nitrogens with one attached hydrogen (secondary N) is 1. The predicted octanol–water partition coefficient (Wildman–Crippen LogP) is 2.37. The number of halogens is 1. The number of hydrogen-bond acceptors (Lipinski definition) is 3. The smallest absolute Gasteiger partial charge is 0.265 e. The minimum atomic E-state index is -3.76. The lowest BCUT2D eigenvalue weighted by atomic mass is 10.0. The molecule has 1 aliphatic rings. The number of rotatable bonds is 2. The molecule has 3 rings (SSSR count). The number of nitrogens with zero attached hydrogens (tertiary/aromatic N) is 1. The number of benzene rings is 2. The van der Waals surface area contributed by atoms with Gasteiger partial charge in [0.2, 0.25) is 5.91 Å². The number of sulfonamides is 1. The van der Waals surface area contributed by atoms with Gasteiger partial charge in [0.25, 0.3) is 10.0 Å². The molecule has 0 unspecified atom stereocenters. The second-order valence-corrected chi connectivity index (χ2v) is 7.59. The quantitative estimate of drug-likeness (QED) is 0.869. The van der Waals surface area contributed by atoms with Crippen molar-refractivity contribution in [3.05, 3.63) is 46.9 Å². The lowest BCUT2D eigenvalue weighted by Crippen LogP contribution is -2.41. The maximum Gasteiger partial charge on any atom is 0.265 e. The van der Waals surface area contributed by atoms with Gasteiger partial charge >= 0.3 is 0 Å². The van der Waals surface area contributed by atoms with E-state index in [9.17, 15) is 13.2 Å². The van der Waals surface area contributed by atoms with E-state index in [1.165, 1.54) is 7.05 Å². The number of anilines is 1. The van der Waals surface area contributed by atoms with E-state index >= 15 is 0 Å². The van der Waals surface area contributed by atoms with Crippen LogP contribution in [0.2, 0.25) is 0 Å². The highest BCUT2D eigenvalue weighted by Gasteiger charge is 2.35. The molecule has 0 spiro atoms. The van der Waals surface area contributed by atoms with Gasteiger partial charge in [0.1, 0.15) is 6.54 Å². The zero-order chi connectivity index (χ0) is 15.9. The molecule has 0 bridgehead atoms. The van der Waals surface area contributed by atoms with Gasteiger partial charge in [-0.25, -0.2) is 8.42 Å². The standard InChI is InChI=1S/C15H13BrN2O3S/c1-17-15(19)9-18-13-7-6-10(16)8-12(13)11-4-2-3-5-14(11)22(18,20)21/h2-8H,9H2,1H3,(H,17,19). The molecule has 0 atom stereocenters. The van der Waals surface area contributed by atoms with Gasteiger partial charge in [0.05, 0.1) is 10.6 Å². The average Bonchev–Trinajstić information content (AvgIpc) is 2.51. The van der Waals surface area contributed by atoms with Crippen LogP contribution in [-0.4, -0.2) is 27.9 Å². The van der Waals surface area contributed by atoms with E-state index in [0.29, 0.717) is 11.3 Å². The van der Waals surface area contributed by atoms with Crippen molar-refractivity contribution in [1.82, 2.24) is 5.32 Å². The van der Waals surface area contributed by atoms with Crippen LogP contribution in [0.4, 0.5) is 5.69 Å². The van der Waals surface area contributed by atoms with E-state index in [2.05, 4.69) is 21.2 Å². The van der Waals surface area contributed by atoms with Crippen molar-refractivity contribution in [1.29, 1.82) is 0 Å². The number of likely N-dealkylation sites (N-methyl/N-ethyl adjacent to an activating group) is 1. The first-order valence-corrected chi connectivity index (χ1v) is 8.80. The van der Waals surface area contributed by atoms with Crippen molar-refractivity contribution in [2.75, 3.05) is 17.9 Å². The van der Waals surface area contributed by atoms with E-state index < -0.39 is 10.0 Å². The number of hydrogen-bond donors (Lipinski definition) is 1. The molecular weight excluding hydrogens is 368 g/mol. The Balaban J connectivity index is 2.29. The Kier molecular flexibility index (Phi) is 3.70. The number of amides is 1. The fourth-order valence-electron chi connectivity index (χ4n) is 2.48. The molecule has 1 amide bonds. The maximum atomic E-state index is 12.8. The largest absolute Gasteiger partial charge is 0.358 e. The van der Waals surface area contributed by atoms with E-state index in [4.69, 9.17) is 0 Å². The monoisotopic (exact) mass is 380 g/mol. The molecule has 0 saturated carbocycles. The molecule has 0 aliphatic carbocycles. The molecule has 1 N–H and O–H groups in total. The zero-order valence-corrected chi connectivity index (χ0v) is 14.1. The fourth-order valence-corrected chi connectivity index (χ4v) is 4.49. The third kappa shape index (κ3) is 2.30. The third-order valence-electron chi connectivity index (χ3n) is 3.54. The summed E-state index contributed by atoms with van der Waals surface area (Å²) in [6.07, 6.45) is 0. The van der Waals surface area contributed by atoms with Crippen LogP contribution >= 0.6 is 15.9 Å². The van der Waals surface area contributed by atoms with Gasteiger partial charge < -0.3 is 5.32 Å². The van der Waals surface area contributed by atoms with Crippen molar-refractivity contribution in [3.8, 4) is 11.1 Å². The average molecular weight is 381 g/mol. The van der Waals surface area contributed by atoms with E-state index in [0.717, 1.165) is 14.3 Å². The molecule has 7 heteroatoms. The summed E-state index contributed by atoms with van der Waals surface area (Å²) in [5, 5.41) is 2.46. The lowest BCUT2D eigenvalue weighted by Gasteiger charge is -2.31. The summed E-state index contributed by atoms with van der Waals surface area (Å²) in [5.41, 5.74) is 1.93. The maximum absolute atomic E-state index is 12.8. The normalized spacial score (nSPS) is 14.9. The van der Waals surface area contributed by atoms with Crippen LogP contribution in [0.15, 0.2) is 51.8 Å². The predicted molar refractivity (Wildman–Crippen MR) is 88.2 cm³/mol. The summed E-state index contributed by atoms with van der Waals surface area (Å²) in [5.74, 6) is -0.364. The Morgan fingerprint density at radius 2 is 1.91 bits per heavy atom. The van der Waals surface area contributed by atoms with E-state index in [-0.39, 0.29) is 17.3 Å². The number of carbonyl (C=O) groups is 1.